The third-order valence-corrected chi connectivity index (χ3v) is 5.21. The Bertz CT molecular complexity index is 494. The molecule has 2 rings (SSSR count). The Labute approximate surface area is 95.5 Å². The van der Waals surface area contributed by atoms with Gasteiger partial charge in [0, 0.05) is 17.2 Å². The minimum Gasteiger partial charge on any atom is -0.300 e. The third-order valence-electron chi connectivity index (χ3n) is 2.95. The van der Waals surface area contributed by atoms with Crippen LogP contribution < -0.4 is 0 Å². The number of ketones is 1. The summed E-state index contributed by atoms with van der Waals surface area (Å²) in [4.78, 5) is 11.3. The zero-order valence-corrected chi connectivity index (χ0v) is 9.91. The number of Topliss-reactive ketones (excluding diaryl/α,β-unsaturated/α-hetero) is 1. The van der Waals surface area contributed by atoms with E-state index in [-0.39, 0.29) is 11.7 Å². The highest BCUT2D eigenvalue weighted by molar-refractivity contribution is 7.96. The van der Waals surface area contributed by atoms with E-state index in [9.17, 15) is 13.2 Å². The topological polar surface area (TPSA) is 51.2 Å². The van der Waals surface area contributed by atoms with Crippen molar-refractivity contribution in [1.29, 1.82) is 0 Å². The molecule has 0 radical (unpaired) electrons. The summed E-state index contributed by atoms with van der Waals surface area (Å²) in [5.41, 5.74) is 0. The fraction of sp³-hybridized carbons (Fsp3) is 0.417. The van der Waals surface area contributed by atoms with E-state index in [0.717, 1.165) is 0 Å². The van der Waals surface area contributed by atoms with E-state index < -0.39 is 15.1 Å². The second-order valence-corrected chi connectivity index (χ2v) is 6.35. The molecule has 86 valence electrons. The lowest BCUT2D eigenvalue weighted by molar-refractivity contribution is -0.116. The Morgan fingerprint density at radius 1 is 1.31 bits per heavy atom. The molecular weight excluding hydrogens is 224 g/mol. The van der Waals surface area contributed by atoms with Crippen LogP contribution in [0.3, 0.4) is 0 Å². The molecule has 0 N–H and O–H groups in total. The lowest BCUT2D eigenvalue weighted by Gasteiger charge is -2.13. The quantitative estimate of drug-likeness (QED) is 0.753. The standard InChI is InChI=1S/C12H14O3S/c1-9(13)6-7-11-8-10-4-2-3-5-12(10)16(11,14)15/h2-5,8,10,12H,6-7H2,1H3. The van der Waals surface area contributed by atoms with Gasteiger partial charge in [-0.25, -0.2) is 8.42 Å². The van der Waals surface area contributed by atoms with Gasteiger partial charge in [-0.2, -0.15) is 0 Å². The largest absolute Gasteiger partial charge is 0.300 e. The summed E-state index contributed by atoms with van der Waals surface area (Å²) >= 11 is 0. The minimum absolute atomic E-state index is 0.0251. The minimum atomic E-state index is -3.21. The van der Waals surface area contributed by atoms with Gasteiger partial charge in [0.05, 0.1) is 5.25 Å². The van der Waals surface area contributed by atoms with Gasteiger partial charge in [-0.3, -0.25) is 0 Å². The van der Waals surface area contributed by atoms with Crippen molar-refractivity contribution in [1.82, 2.24) is 0 Å². The molecular formula is C12H14O3S. The summed E-state index contributed by atoms with van der Waals surface area (Å²) in [7, 11) is -3.21. The van der Waals surface area contributed by atoms with Crippen molar-refractivity contribution in [3.05, 3.63) is 35.3 Å². The van der Waals surface area contributed by atoms with Crippen LogP contribution in [0.5, 0.6) is 0 Å². The Morgan fingerprint density at radius 3 is 2.62 bits per heavy atom. The van der Waals surface area contributed by atoms with Crippen molar-refractivity contribution in [3.63, 3.8) is 0 Å². The summed E-state index contributed by atoms with van der Waals surface area (Å²) in [5.74, 6) is -0.0194. The van der Waals surface area contributed by atoms with Crippen LogP contribution in [-0.4, -0.2) is 19.5 Å². The van der Waals surface area contributed by atoms with Gasteiger partial charge >= 0.3 is 0 Å². The second kappa shape index (κ2) is 4.01. The van der Waals surface area contributed by atoms with Crippen LogP contribution in [0, 0.1) is 5.92 Å². The smallest absolute Gasteiger partial charge is 0.181 e. The van der Waals surface area contributed by atoms with Crippen molar-refractivity contribution in [2.45, 2.75) is 25.0 Å². The first-order valence-electron chi connectivity index (χ1n) is 5.31. The molecule has 0 fully saturated rings. The molecule has 2 aliphatic rings. The maximum Gasteiger partial charge on any atom is 0.181 e. The highest BCUT2D eigenvalue weighted by Crippen LogP contribution is 2.36. The molecule has 0 bridgehead atoms. The van der Waals surface area contributed by atoms with Crippen LogP contribution in [0.1, 0.15) is 19.8 Å². The summed E-state index contributed by atoms with van der Waals surface area (Å²) < 4.78 is 24.2. The van der Waals surface area contributed by atoms with Gasteiger partial charge in [-0.1, -0.05) is 30.4 Å². The fourth-order valence-electron chi connectivity index (χ4n) is 2.07. The maximum absolute atomic E-state index is 12.1. The summed E-state index contributed by atoms with van der Waals surface area (Å²) in [6, 6.07) is 0. The molecule has 1 aliphatic heterocycles. The van der Waals surface area contributed by atoms with E-state index in [0.29, 0.717) is 17.7 Å². The van der Waals surface area contributed by atoms with Crippen LogP contribution in [0.25, 0.3) is 0 Å². The van der Waals surface area contributed by atoms with E-state index in [1.54, 1.807) is 18.2 Å². The van der Waals surface area contributed by atoms with Crippen molar-refractivity contribution in [3.8, 4) is 0 Å². The van der Waals surface area contributed by atoms with Crippen molar-refractivity contribution >= 4 is 15.6 Å². The fourth-order valence-corrected chi connectivity index (χ4v) is 4.04. The monoisotopic (exact) mass is 238 g/mol. The molecule has 2 atom stereocenters. The van der Waals surface area contributed by atoms with Gasteiger partial charge in [0.1, 0.15) is 5.78 Å². The van der Waals surface area contributed by atoms with E-state index in [1.807, 2.05) is 12.2 Å². The number of rotatable bonds is 3. The number of carbonyl (C=O) groups is 1. The molecule has 0 aromatic carbocycles. The highest BCUT2D eigenvalue weighted by Gasteiger charge is 2.38. The van der Waals surface area contributed by atoms with E-state index >= 15 is 0 Å². The number of carbonyl (C=O) groups excluding carboxylic acids is 1. The van der Waals surface area contributed by atoms with Gasteiger partial charge in [0.25, 0.3) is 0 Å². The van der Waals surface area contributed by atoms with Crippen LogP contribution in [0.4, 0.5) is 0 Å². The molecule has 16 heavy (non-hydrogen) atoms. The number of hydrogen-bond acceptors (Lipinski definition) is 3. The molecule has 0 spiro atoms. The highest BCUT2D eigenvalue weighted by atomic mass is 32.2. The van der Waals surface area contributed by atoms with Gasteiger partial charge in [0.15, 0.2) is 9.84 Å². The molecule has 0 aromatic rings. The second-order valence-electron chi connectivity index (χ2n) is 4.19. The van der Waals surface area contributed by atoms with E-state index in [4.69, 9.17) is 0 Å². The van der Waals surface area contributed by atoms with Gasteiger partial charge in [-0.05, 0) is 13.3 Å². The molecule has 0 aromatic heterocycles. The molecule has 3 nitrogen and oxygen atoms in total. The van der Waals surface area contributed by atoms with Crippen LogP contribution in [0.2, 0.25) is 0 Å². The molecule has 2 unspecified atom stereocenters. The molecule has 0 saturated heterocycles. The summed E-state index contributed by atoms with van der Waals surface area (Å²) in [6.45, 7) is 1.48. The first-order chi connectivity index (χ1) is 7.51. The maximum atomic E-state index is 12.1. The Kier molecular flexibility index (Phi) is 2.84. The lowest BCUT2D eigenvalue weighted by atomic mass is 10.00. The number of hydrogen-bond donors (Lipinski definition) is 0. The zero-order chi connectivity index (χ0) is 11.8. The number of allylic oxidation sites excluding steroid dienone is 5. The average Bonchev–Trinajstić information content (AvgIpc) is 2.48. The van der Waals surface area contributed by atoms with Crippen LogP contribution in [0.15, 0.2) is 35.3 Å². The van der Waals surface area contributed by atoms with Gasteiger partial charge in [-0.15, -0.1) is 0 Å². The van der Waals surface area contributed by atoms with Crippen molar-refractivity contribution in [2.75, 3.05) is 0 Å². The first-order valence-corrected chi connectivity index (χ1v) is 6.85. The van der Waals surface area contributed by atoms with Gasteiger partial charge in [0.2, 0.25) is 0 Å². The molecule has 1 aliphatic carbocycles. The van der Waals surface area contributed by atoms with Crippen LogP contribution in [-0.2, 0) is 14.6 Å². The Hall–Kier alpha value is -1.16. The Morgan fingerprint density at radius 2 is 2.00 bits per heavy atom. The molecule has 0 saturated carbocycles. The van der Waals surface area contributed by atoms with Crippen molar-refractivity contribution < 1.29 is 13.2 Å². The number of sulfone groups is 1. The normalized spacial score (nSPS) is 29.9. The lowest BCUT2D eigenvalue weighted by Crippen LogP contribution is -2.21. The summed E-state index contributed by atoms with van der Waals surface area (Å²) in [5, 5.41) is -0.445. The number of fused-ring (bicyclic) bond motifs is 1. The molecule has 4 heteroatoms. The van der Waals surface area contributed by atoms with Crippen LogP contribution >= 0.6 is 0 Å². The predicted octanol–water partition coefficient (Wildman–Crippen LogP) is 1.78. The van der Waals surface area contributed by atoms with Gasteiger partial charge < -0.3 is 4.79 Å². The Balaban J connectivity index is 2.23. The molecule has 0 amide bonds. The molecule has 1 heterocycles. The van der Waals surface area contributed by atoms with E-state index in [1.165, 1.54) is 6.92 Å². The van der Waals surface area contributed by atoms with E-state index in [2.05, 4.69) is 0 Å². The summed E-state index contributed by atoms with van der Waals surface area (Å²) in [6.07, 6.45) is 9.66. The predicted molar refractivity (Wildman–Crippen MR) is 62.5 cm³/mol. The first kappa shape index (κ1) is 11.3. The SMILES string of the molecule is CC(=O)CCC1=CC2C=CC=CC2S1(=O)=O. The van der Waals surface area contributed by atoms with Crippen molar-refractivity contribution in [2.24, 2.45) is 5.92 Å². The zero-order valence-electron chi connectivity index (χ0n) is 9.09. The average molecular weight is 238 g/mol. The third kappa shape index (κ3) is 1.89.